The highest BCUT2D eigenvalue weighted by atomic mass is 16.2. The number of aromatic nitrogens is 3. The Morgan fingerprint density at radius 2 is 2.12 bits per heavy atom. The molecule has 1 aliphatic rings. The average Bonchev–Trinajstić information content (AvgIpc) is 2.66. The lowest BCUT2D eigenvalue weighted by Crippen LogP contribution is -2.43. The normalized spacial score (nSPS) is 19.1. The molecule has 1 aromatic heterocycles. The number of urea groups is 1. The predicted molar refractivity (Wildman–Crippen MR) is 54.2 cm³/mol. The zero-order valence-electron chi connectivity index (χ0n) is 9.39. The summed E-state index contributed by atoms with van der Waals surface area (Å²) < 4.78 is 1.55. The summed E-state index contributed by atoms with van der Waals surface area (Å²) in [7, 11) is 1.75. The number of hydrogen-bond donors (Lipinski definition) is 1. The van der Waals surface area contributed by atoms with E-state index in [4.69, 9.17) is 0 Å². The fourth-order valence-corrected chi connectivity index (χ4v) is 1.59. The van der Waals surface area contributed by atoms with Crippen LogP contribution in [0.15, 0.2) is 6.20 Å². The van der Waals surface area contributed by atoms with Crippen LogP contribution in [0, 0.1) is 0 Å². The van der Waals surface area contributed by atoms with Gasteiger partial charge in [0.1, 0.15) is 11.2 Å². The van der Waals surface area contributed by atoms with Crippen molar-refractivity contribution in [2.75, 3.05) is 0 Å². The van der Waals surface area contributed by atoms with Gasteiger partial charge in [0.25, 0.3) is 5.91 Å². The number of hydrogen-bond acceptors (Lipinski definition) is 4. The molecule has 7 heteroatoms. The second-order valence-corrected chi connectivity index (χ2v) is 4.29. The third kappa shape index (κ3) is 1.54. The molecule has 16 heavy (non-hydrogen) atoms. The Kier molecular flexibility index (Phi) is 2.18. The molecule has 0 saturated carbocycles. The van der Waals surface area contributed by atoms with E-state index in [1.807, 2.05) is 0 Å². The number of aryl methyl sites for hydroxylation is 1. The molecule has 1 fully saturated rings. The van der Waals surface area contributed by atoms with E-state index in [0.717, 1.165) is 0 Å². The Bertz CT molecular complexity index is 451. The van der Waals surface area contributed by atoms with Gasteiger partial charge in [-0.15, -0.1) is 5.10 Å². The molecule has 0 aliphatic carbocycles. The number of rotatable bonds is 2. The van der Waals surface area contributed by atoms with Crippen LogP contribution in [0.4, 0.5) is 4.79 Å². The first-order valence-electron chi connectivity index (χ1n) is 4.89. The Labute approximate surface area is 92.4 Å². The first-order valence-corrected chi connectivity index (χ1v) is 4.89. The summed E-state index contributed by atoms with van der Waals surface area (Å²) in [5.41, 5.74) is -0.186. The van der Waals surface area contributed by atoms with Crippen LogP contribution in [0.2, 0.25) is 0 Å². The number of nitrogens with one attached hydrogen (secondary N) is 1. The SMILES string of the molecule is Cn1cc(CN2C(=O)NC(=O)C2(C)C)nn1. The fourth-order valence-electron chi connectivity index (χ4n) is 1.59. The van der Waals surface area contributed by atoms with Crippen molar-refractivity contribution in [1.82, 2.24) is 25.2 Å². The molecule has 0 unspecified atom stereocenters. The van der Waals surface area contributed by atoms with Crippen molar-refractivity contribution < 1.29 is 9.59 Å². The second-order valence-electron chi connectivity index (χ2n) is 4.29. The molecule has 2 rings (SSSR count). The van der Waals surface area contributed by atoms with Crippen LogP contribution in [0.5, 0.6) is 0 Å². The lowest BCUT2D eigenvalue weighted by Gasteiger charge is -2.26. The summed E-state index contributed by atoms with van der Waals surface area (Å²) >= 11 is 0. The summed E-state index contributed by atoms with van der Waals surface area (Å²) in [6, 6.07) is -0.388. The molecule has 1 aromatic rings. The Morgan fingerprint density at radius 1 is 1.44 bits per heavy atom. The highest BCUT2D eigenvalue weighted by Gasteiger charge is 2.45. The van der Waals surface area contributed by atoms with Crippen molar-refractivity contribution in [2.45, 2.75) is 25.9 Å². The van der Waals surface area contributed by atoms with Crippen LogP contribution in [0.25, 0.3) is 0 Å². The number of carbonyl (C=O) groups excluding carboxylic acids is 2. The van der Waals surface area contributed by atoms with Crippen molar-refractivity contribution in [3.63, 3.8) is 0 Å². The van der Waals surface area contributed by atoms with Gasteiger partial charge in [-0.05, 0) is 13.8 Å². The van der Waals surface area contributed by atoms with Crippen molar-refractivity contribution in [2.24, 2.45) is 7.05 Å². The zero-order chi connectivity index (χ0) is 11.9. The van der Waals surface area contributed by atoms with Crippen molar-refractivity contribution in [3.05, 3.63) is 11.9 Å². The molecule has 0 radical (unpaired) electrons. The highest BCUT2D eigenvalue weighted by Crippen LogP contribution is 2.22. The van der Waals surface area contributed by atoms with E-state index >= 15 is 0 Å². The van der Waals surface area contributed by atoms with E-state index in [9.17, 15) is 9.59 Å². The Balaban J connectivity index is 2.21. The van der Waals surface area contributed by atoms with Crippen LogP contribution in [0.1, 0.15) is 19.5 Å². The van der Waals surface area contributed by atoms with Crippen LogP contribution in [-0.2, 0) is 18.4 Å². The van der Waals surface area contributed by atoms with Gasteiger partial charge in [0.2, 0.25) is 0 Å². The lowest BCUT2D eigenvalue weighted by atomic mass is 10.0. The molecule has 7 nitrogen and oxygen atoms in total. The molecule has 86 valence electrons. The molecule has 1 aliphatic heterocycles. The fraction of sp³-hybridized carbons (Fsp3) is 0.556. The summed E-state index contributed by atoms with van der Waals surface area (Å²) in [6.45, 7) is 3.67. The zero-order valence-corrected chi connectivity index (χ0v) is 9.39. The molecule has 3 amide bonds. The predicted octanol–water partition coefficient (Wildman–Crippen LogP) is -0.355. The molecule has 0 bridgehead atoms. The molecule has 0 atom stereocenters. The molecular weight excluding hydrogens is 210 g/mol. The number of imide groups is 1. The summed E-state index contributed by atoms with van der Waals surface area (Å²) in [5, 5.41) is 9.94. The van der Waals surface area contributed by atoms with Gasteiger partial charge in [-0.25, -0.2) is 4.79 Å². The molecule has 1 saturated heterocycles. The topological polar surface area (TPSA) is 80.1 Å². The van der Waals surface area contributed by atoms with Gasteiger partial charge >= 0.3 is 6.03 Å². The number of amides is 3. The molecule has 1 N–H and O–H groups in total. The van der Waals surface area contributed by atoms with E-state index in [1.165, 1.54) is 4.90 Å². The van der Waals surface area contributed by atoms with Crippen LogP contribution in [0.3, 0.4) is 0 Å². The molecule has 0 aromatic carbocycles. The van der Waals surface area contributed by atoms with Crippen molar-refractivity contribution >= 4 is 11.9 Å². The minimum absolute atomic E-state index is 0.276. The van der Waals surface area contributed by atoms with Gasteiger partial charge in [-0.1, -0.05) is 5.21 Å². The minimum atomic E-state index is -0.839. The second kappa shape index (κ2) is 3.29. The maximum absolute atomic E-state index is 11.6. The highest BCUT2D eigenvalue weighted by molar-refractivity contribution is 6.06. The van der Waals surface area contributed by atoms with E-state index in [0.29, 0.717) is 5.69 Å². The van der Waals surface area contributed by atoms with Gasteiger partial charge in [-0.2, -0.15) is 0 Å². The lowest BCUT2D eigenvalue weighted by molar-refractivity contribution is -0.125. The number of nitrogens with zero attached hydrogens (tertiary/aromatic N) is 4. The molecule has 2 heterocycles. The van der Waals surface area contributed by atoms with E-state index in [2.05, 4.69) is 15.6 Å². The van der Waals surface area contributed by atoms with E-state index in [-0.39, 0.29) is 18.5 Å². The first-order chi connectivity index (χ1) is 7.41. The van der Waals surface area contributed by atoms with Crippen molar-refractivity contribution in [1.29, 1.82) is 0 Å². The maximum Gasteiger partial charge on any atom is 0.325 e. The summed E-state index contributed by atoms with van der Waals surface area (Å²) in [6.07, 6.45) is 1.71. The minimum Gasteiger partial charge on any atom is -0.304 e. The van der Waals surface area contributed by atoms with Gasteiger partial charge < -0.3 is 4.90 Å². The maximum atomic E-state index is 11.6. The average molecular weight is 223 g/mol. The van der Waals surface area contributed by atoms with Crippen LogP contribution in [-0.4, -0.2) is 37.4 Å². The van der Waals surface area contributed by atoms with Gasteiger partial charge in [0.15, 0.2) is 0 Å². The van der Waals surface area contributed by atoms with Crippen LogP contribution < -0.4 is 5.32 Å². The van der Waals surface area contributed by atoms with Crippen LogP contribution >= 0.6 is 0 Å². The summed E-state index contributed by atoms with van der Waals surface area (Å²) in [5.74, 6) is -0.290. The van der Waals surface area contributed by atoms with Gasteiger partial charge in [0, 0.05) is 13.2 Å². The Hall–Kier alpha value is -1.92. The quantitative estimate of drug-likeness (QED) is 0.695. The van der Waals surface area contributed by atoms with Gasteiger partial charge in [0.05, 0.1) is 6.54 Å². The standard InChI is InChI=1S/C9H13N5O2/c1-9(2)7(15)10-8(16)14(9)5-6-4-13(3)12-11-6/h4H,5H2,1-3H3,(H,10,15,16). The molecular formula is C9H13N5O2. The van der Waals surface area contributed by atoms with E-state index < -0.39 is 5.54 Å². The monoisotopic (exact) mass is 223 g/mol. The largest absolute Gasteiger partial charge is 0.325 e. The molecule has 0 spiro atoms. The summed E-state index contributed by atoms with van der Waals surface area (Å²) in [4.78, 5) is 24.5. The van der Waals surface area contributed by atoms with Crippen molar-refractivity contribution in [3.8, 4) is 0 Å². The van der Waals surface area contributed by atoms with Gasteiger partial charge in [-0.3, -0.25) is 14.8 Å². The number of carbonyl (C=O) groups is 2. The first kappa shape index (κ1) is 10.6. The third-order valence-electron chi connectivity index (χ3n) is 2.67. The Morgan fingerprint density at radius 3 is 2.56 bits per heavy atom. The smallest absolute Gasteiger partial charge is 0.304 e. The third-order valence-corrected chi connectivity index (χ3v) is 2.67. The van der Waals surface area contributed by atoms with E-state index in [1.54, 1.807) is 31.8 Å².